The molecule has 3 rings (SSSR count). The van der Waals surface area contributed by atoms with Crippen LogP contribution in [0.1, 0.15) is 31.4 Å². The second-order valence-electron chi connectivity index (χ2n) is 7.84. The lowest BCUT2D eigenvalue weighted by Gasteiger charge is -2.31. The zero-order chi connectivity index (χ0) is 21.2. The van der Waals surface area contributed by atoms with Gasteiger partial charge in [-0.05, 0) is 69.5 Å². The van der Waals surface area contributed by atoms with Gasteiger partial charge in [0.15, 0.2) is 0 Å². The molecule has 1 aliphatic heterocycles. The molecule has 0 saturated carbocycles. The van der Waals surface area contributed by atoms with Crippen LogP contribution in [-0.4, -0.2) is 44.8 Å². The Balaban J connectivity index is 1.67. The van der Waals surface area contributed by atoms with Crippen molar-refractivity contribution in [2.24, 2.45) is 0 Å². The molecule has 1 amide bonds. The molecule has 29 heavy (non-hydrogen) atoms. The SMILES string of the molecule is Cc1ccc2c(c1)CCCN2CC(=O)Nc1ccc(S(=O)(=O)N(C)C(C)C)cc1. The Labute approximate surface area is 173 Å². The summed E-state index contributed by atoms with van der Waals surface area (Å²) in [5.41, 5.74) is 4.22. The van der Waals surface area contributed by atoms with E-state index in [0.717, 1.165) is 25.1 Å². The molecule has 0 saturated heterocycles. The lowest BCUT2D eigenvalue weighted by atomic mass is 9.99. The Kier molecular flexibility index (Phi) is 6.29. The number of hydrogen-bond donors (Lipinski definition) is 1. The number of nitrogens with zero attached hydrogens (tertiary/aromatic N) is 2. The fraction of sp³-hybridized carbons (Fsp3) is 0.409. The van der Waals surface area contributed by atoms with Crippen LogP contribution >= 0.6 is 0 Å². The summed E-state index contributed by atoms with van der Waals surface area (Å²) in [6.45, 7) is 6.85. The van der Waals surface area contributed by atoms with E-state index in [0.29, 0.717) is 5.69 Å². The van der Waals surface area contributed by atoms with Gasteiger partial charge in [0.2, 0.25) is 15.9 Å². The standard InChI is InChI=1S/C22H29N3O3S/c1-16(2)24(4)29(27,28)20-10-8-19(9-11-20)23-22(26)15-25-13-5-6-18-14-17(3)7-12-21(18)25/h7-12,14,16H,5-6,13,15H2,1-4H3,(H,23,26). The summed E-state index contributed by atoms with van der Waals surface area (Å²) in [5.74, 6) is -0.117. The van der Waals surface area contributed by atoms with Gasteiger partial charge in [-0.25, -0.2) is 8.42 Å². The highest BCUT2D eigenvalue weighted by Crippen LogP contribution is 2.28. The molecule has 0 unspecified atom stereocenters. The van der Waals surface area contributed by atoms with Crippen molar-refractivity contribution in [3.8, 4) is 0 Å². The maximum atomic E-state index is 12.6. The number of carbonyl (C=O) groups is 1. The average molecular weight is 416 g/mol. The van der Waals surface area contributed by atoms with Gasteiger partial charge in [0.25, 0.3) is 0 Å². The number of fused-ring (bicyclic) bond motifs is 1. The van der Waals surface area contributed by atoms with Crippen LogP contribution in [0.2, 0.25) is 0 Å². The minimum absolute atomic E-state index is 0.117. The molecule has 0 bridgehead atoms. The lowest BCUT2D eigenvalue weighted by Crippen LogP contribution is -2.36. The maximum absolute atomic E-state index is 12.6. The quantitative estimate of drug-likeness (QED) is 0.785. The molecule has 0 aromatic heterocycles. The second-order valence-corrected chi connectivity index (χ2v) is 9.84. The molecule has 156 valence electrons. The molecule has 0 fully saturated rings. The molecule has 0 radical (unpaired) electrons. The van der Waals surface area contributed by atoms with Gasteiger partial charge >= 0.3 is 0 Å². The summed E-state index contributed by atoms with van der Waals surface area (Å²) < 4.78 is 26.4. The summed E-state index contributed by atoms with van der Waals surface area (Å²) in [5, 5.41) is 2.87. The van der Waals surface area contributed by atoms with E-state index >= 15 is 0 Å². The van der Waals surface area contributed by atoms with Crippen LogP contribution in [0.15, 0.2) is 47.4 Å². The van der Waals surface area contributed by atoms with Gasteiger partial charge in [0.05, 0.1) is 11.4 Å². The molecule has 0 spiro atoms. The Morgan fingerprint density at radius 1 is 1.17 bits per heavy atom. The molecule has 2 aromatic carbocycles. The molecule has 1 heterocycles. The predicted molar refractivity (Wildman–Crippen MR) is 117 cm³/mol. The van der Waals surface area contributed by atoms with Crippen molar-refractivity contribution < 1.29 is 13.2 Å². The number of sulfonamides is 1. The highest BCUT2D eigenvalue weighted by atomic mass is 32.2. The first-order valence-corrected chi connectivity index (χ1v) is 11.3. The Bertz CT molecular complexity index is 985. The third-order valence-corrected chi connectivity index (χ3v) is 7.37. The summed E-state index contributed by atoms with van der Waals surface area (Å²) in [6, 6.07) is 12.5. The number of anilines is 2. The van der Waals surface area contributed by atoms with E-state index in [9.17, 15) is 13.2 Å². The van der Waals surface area contributed by atoms with Gasteiger partial charge < -0.3 is 10.2 Å². The van der Waals surface area contributed by atoms with Crippen LogP contribution in [0, 0.1) is 6.92 Å². The second kappa shape index (κ2) is 8.55. The maximum Gasteiger partial charge on any atom is 0.243 e. The molecule has 0 atom stereocenters. The molecule has 2 aromatic rings. The summed E-state index contributed by atoms with van der Waals surface area (Å²) >= 11 is 0. The zero-order valence-corrected chi connectivity index (χ0v) is 18.3. The summed E-state index contributed by atoms with van der Waals surface area (Å²) in [6.07, 6.45) is 2.07. The summed E-state index contributed by atoms with van der Waals surface area (Å²) in [4.78, 5) is 14.9. The van der Waals surface area contributed by atoms with E-state index in [-0.39, 0.29) is 23.4 Å². The highest BCUT2D eigenvalue weighted by Gasteiger charge is 2.23. The fourth-order valence-electron chi connectivity index (χ4n) is 3.50. The molecule has 1 N–H and O–H groups in total. The first kappa shape index (κ1) is 21.3. The number of aryl methyl sites for hydroxylation is 2. The van der Waals surface area contributed by atoms with E-state index in [1.54, 1.807) is 19.2 Å². The molecule has 6 nitrogen and oxygen atoms in total. The number of amides is 1. The minimum Gasteiger partial charge on any atom is -0.362 e. The minimum atomic E-state index is -3.53. The van der Waals surface area contributed by atoms with Crippen molar-refractivity contribution >= 4 is 27.3 Å². The Hall–Kier alpha value is -2.38. The van der Waals surface area contributed by atoms with Crippen LogP contribution in [0.25, 0.3) is 0 Å². The van der Waals surface area contributed by atoms with Gasteiger partial charge in [-0.3, -0.25) is 4.79 Å². The normalized spacial score (nSPS) is 14.2. The number of nitrogens with one attached hydrogen (secondary N) is 1. The van der Waals surface area contributed by atoms with Crippen LogP contribution in [-0.2, 0) is 21.2 Å². The van der Waals surface area contributed by atoms with Gasteiger partial charge in [0, 0.05) is 31.0 Å². The van der Waals surface area contributed by atoms with Gasteiger partial charge in [0.1, 0.15) is 0 Å². The number of hydrogen-bond acceptors (Lipinski definition) is 4. The van der Waals surface area contributed by atoms with Crippen molar-refractivity contribution in [3.63, 3.8) is 0 Å². The highest BCUT2D eigenvalue weighted by molar-refractivity contribution is 7.89. The number of benzene rings is 2. The summed E-state index contributed by atoms with van der Waals surface area (Å²) in [7, 11) is -1.97. The van der Waals surface area contributed by atoms with Gasteiger partial charge in [-0.15, -0.1) is 0 Å². The van der Waals surface area contributed by atoms with Gasteiger partial charge in [-0.2, -0.15) is 4.31 Å². The van der Waals surface area contributed by atoms with Crippen molar-refractivity contribution in [2.45, 2.75) is 44.6 Å². The van der Waals surface area contributed by atoms with Crippen LogP contribution in [0.3, 0.4) is 0 Å². The number of rotatable bonds is 6. The third-order valence-electron chi connectivity index (χ3n) is 5.33. The van der Waals surface area contributed by atoms with Crippen LogP contribution in [0.5, 0.6) is 0 Å². The molecule has 1 aliphatic rings. The lowest BCUT2D eigenvalue weighted by molar-refractivity contribution is -0.115. The van der Waals surface area contributed by atoms with Crippen LogP contribution < -0.4 is 10.2 Å². The molecular formula is C22H29N3O3S. The first-order valence-electron chi connectivity index (χ1n) is 9.91. The van der Waals surface area contributed by atoms with Gasteiger partial charge in [-0.1, -0.05) is 17.7 Å². The first-order chi connectivity index (χ1) is 13.7. The number of carbonyl (C=O) groups excluding carboxylic acids is 1. The molecular weight excluding hydrogens is 386 g/mol. The van der Waals surface area contributed by atoms with E-state index in [1.807, 2.05) is 13.8 Å². The monoisotopic (exact) mass is 415 g/mol. The smallest absolute Gasteiger partial charge is 0.243 e. The zero-order valence-electron chi connectivity index (χ0n) is 17.5. The Morgan fingerprint density at radius 2 is 1.86 bits per heavy atom. The van der Waals surface area contributed by atoms with E-state index < -0.39 is 10.0 Å². The van der Waals surface area contributed by atoms with Crippen molar-refractivity contribution in [1.82, 2.24) is 4.31 Å². The van der Waals surface area contributed by atoms with E-state index in [1.165, 1.54) is 27.6 Å². The van der Waals surface area contributed by atoms with Crippen molar-refractivity contribution in [3.05, 3.63) is 53.6 Å². The topological polar surface area (TPSA) is 69.7 Å². The average Bonchev–Trinajstić information content (AvgIpc) is 2.67. The van der Waals surface area contributed by atoms with Crippen molar-refractivity contribution in [2.75, 3.05) is 30.4 Å². The largest absolute Gasteiger partial charge is 0.362 e. The third kappa shape index (κ3) is 4.79. The Morgan fingerprint density at radius 3 is 2.52 bits per heavy atom. The molecule has 0 aliphatic carbocycles. The van der Waals surface area contributed by atoms with Crippen molar-refractivity contribution in [1.29, 1.82) is 0 Å². The fourth-order valence-corrected chi connectivity index (χ4v) is 4.86. The van der Waals surface area contributed by atoms with E-state index in [2.05, 4.69) is 35.3 Å². The molecule has 7 heteroatoms. The predicted octanol–water partition coefficient (Wildman–Crippen LogP) is 3.42. The van der Waals surface area contributed by atoms with E-state index in [4.69, 9.17) is 0 Å². The van der Waals surface area contributed by atoms with Crippen LogP contribution in [0.4, 0.5) is 11.4 Å².